The van der Waals surface area contributed by atoms with Crippen molar-refractivity contribution in [2.24, 2.45) is 23.2 Å². The van der Waals surface area contributed by atoms with Gasteiger partial charge in [0.25, 0.3) is 0 Å². The number of anilines is 1. The monoisotopic (exact) mass is 448 g/mol. The summed E-state index contributed by atoms with van der Waals surface area (Å²) < 4.78 is 5.31. The molecule has 3 fully saturated rings. The molecule has 3 aliphatic rings. The molecule has 1 aromatic heterocycles. The van der Waals surface area contributed by atoms with Gasteiger partial charge in [-0.25, -0.2) is 9.97 Å². The van der Waals surface area contributed by atoms with E-state index in [4.69, 9.17) is 4.74 Å². The molecule has 1 amide bonds. The molecular formula is C27H36N4O2. The standard InChI is InChI=1S/C27H36N4O2/c1-27(11-15-30(16-12-27)26-28-13-4-14-29-26)25(32)31-18-22-6-3-5-21(24(22)19-31)17-20-7-9-23(33-2)10-8-20/h4,7-10,13-14,21-22,24H,3,5-6,11-12,15-19H2,1-2H3/t21-,22-,24-/m1/s1. The van der Waals surface area contributed by atoms with Crippen LogP contribution in [-0.4, -0.2) is 54.1 Å². The Hall–Kier alpha value is -2.63. The number of hydrogen-bond donors (Lipinski definition) is 0. The molecule has 2 saturated heterocycles. The normalized spacial score (nSPS) is 26.7. The van der Waals surface area contributed by atoms with Crippen LogP contribution in [0.15, 0.2) is 42.7 Å². The summed E-state index contributed by atoms with van der Waals surface area (Å²) >= 11 is 0. The summed E-state index contributed by atoms with van der Waals surface area (Å²) in [6.45, 7) is 5.74. The Bertz CT molecular complexity index is 940. The number of carbonyl (C=O) groups is 1. The molecule has 33 heavy (non-hydrogen) atoms. The number of nitrogens with zero attached hydrogens (tertiary/aromatic N) is 4. The van der Waals surface area contributed by atoms with Gasteiger partial charge in [-0.3, -0.25) is 4.79 Å². The molecule has 0 N–H and O–H groups in total. The van der Waals surface area contributed by atoms with E-state index in [2.05, 4.69) is 51.0 Å². The summed E-state index contributed by atoms with van der Waals surface area (Å²) in [5.41, 5.74) is 1.11. The molecule has 3 atom stereocenters. The minimum absolute atomic E-state index is 0.274. The maximum Gasteiger partial charge on any atom is 0.228 e. The smallest absolute Gasteiger partial charge is 0.228 e. The SMILES string of the molecule is COc1ccc(C[C@H]2CCC[C@@H]3CN(C(=O)C4(C)CCN(c5ncccn5)CC4)C[C@H]23)cc1. The zero-order chi connectivity index (χ0) is 22.8. The van der Waals surface area contributed by atoms with Crippen LogP contribution in [0.5, 0.6) is 5.75 Å². The predicted molar refractivity (Wildman–Crippen MR) is 129 cm³/mol. The Morgan fingerprint density at radius 3 is 2.52 bits per heavy atom. The van der Waals surface area contributed by atoms with E-state index in [9.17, 15) is 4.79 Å². The average molecular weight is 449 g/mol. The predicted octanol–water partition coefficient (Wildman–Crippen LogP) is 4.21. The first-order valence-corrected chi connectivity index (χ1v) is 12.5. The highest BCUT2D eigenvalue weighted by molar-refractivity contribution is 5.83. The van der Waals surface area contributed by atoms with Crippen molar-refractivity contribution >= 4 is 11.9 Å². The lowest BCUT2D eigenvalue weighted by atomic mass is 9.71. The Labute approximate surface area is 197 Å². The van der Waals surface area contributed by atoms with Crippen molar-refractivity contribution in [1.29, 1.82) is 0 Å². The third kappa shape index (κ3) is 4.57. The van der Waals surface area contributed by atoms with Crippen molar-refractivity contribution in [2.75, 3.05) is 38.2 Å². The highest BCUT2D eigenvalue weighted by atomic mass is 16.5. The van der Waals surface area contributed by atoms with Gasteiger partial charge in [-0.05, 0) is 73.6 Å². The van der Waals surface area contributed by atoms with Gasteiger partial charge in [0.05, 0.1) is 7.11 Å². The Morgan fingerprint density at radius 1 is 1.09 bits per heavy atom. The first-order valence-electron chi connectivity index (χ1n) is 12.5. The third-order valence-corrected chi connectivity index (χ3v) is 8.41. The first kappa shape index (κ1) is 22.2. The highest BCUT2D eigenvalue weighted by Crippen LogP contribution is 2.44. The van der Waals surface area contributed by atoms with Crippen LogP contribution in [0, 0.1) is 23.2 Å². The lowest BCUT2D eigenvalue weighted by Gasteiger charge is -2.40. The minimum atomic E-state index is -0.274. The highest BCUT2D eigenvalue weighted by Gasteiger charge is 2.46. The number of likely N-dealkylation sites (tertiary alicyclic amines) is 1. The van der Waals surface area contributed by atoms with Crippen LogP contribution in [0.4, 0.5) is 5.95 Å². The van der Waals surface area contributed by atoms with Crippen LogP contribution in [0.2, 0.25) is 0 Å². The van der Waals surface area contributed by atoms with Crippen LogP contribution in [-0.2, 0) is 11.2 Å². The molecule has 1 aliphatic carbocycles. The molecule has 1 saturated carbocycles. The van der Waals surface area contributed by atoms with Gasteiger partial charge in [0.15, 0.2) is 0 Å². The second kappa shape index (κ2) is 9.32. The zero-order valence-electron chi connectivity index (χ0n) is 19.9. The number of rotatable bonds is 5. The lowest BCUT2D eigenvalue weighted by molar-refractivity contribution is -0.141. The fraction of sp³-hybridized carbons (Fsp3) is 0.593. The fourth-order valence-corrected chi connectivity index (χ4v) is 6.33. The maximum atomic E-state index is 13.7. The molecule has 0 unspecified atom stereocenters. The molecule has 0 bridgehead atoms. The van der Waals surface area contributed by atoms with Crippen LogP contribution in [0.3, 0.4) is 0 Å². The number of benzene rings is 1. The van der Waals surface area contributed by atoms with Gasteiger partial charge in [0.2, 0.25) is 11.9 Å². The van der Waals surface area contributed by atoms with Crippen molar-refractivity contribution < 1.29 is 9.53 Å². The molecule has 0 radical (unpaired) electrons. The molecular weight excluding hydrogens is 412 g/mol. The summed E-state index contributed by atoms with van der Waals surface area (Å²) in [5, 5.41) is 0. The van der Waals surface area contributed by atoms with E-state index in [0.29, 0.717) is 23.7 Å². The van der Waals surface area contributed by atoms with Crippen LogP contribution < -0.4 is 9.64 Å². The molecule has 176 valence electrons. The van der Waals surface area contributed by atoms with Crippen LogP contribution >= 0.6 is 0 Å². The van der Waals surface area contributed by atoms with Gasteiger partial charge in [0.1, 0.15) is 5.75 Å². The van der Waals surface area contributed by atoms with E-state index in [0.717, 1.165) is 57.1 Å². The summed E-state index contributed by atoms with van der Waals surface area (Å²) in [7, 11) is 1.71. The van der Waals surface area contributed by atoms with Crippen molar-refractivity contribution in [1.82, 2.24) is 14.9 Å². The van der Waals surface area contributed by atoms with Crippen molar-refractivity contribution in [3.05, 3.63) is 48.3 Å². The molecule has 1 aromatic carbocycles. The number of fused-ring (bicyclic) bond motifs is 1. The number of methoxy groups -OCH3 is 1. The summed E-state index contributed by atoms with van der Waals surface area (Å²) in [5.74, 6) is 4.02. The zero-order valence-corrected chi connectivity index (χ0v) is 19.9. The first-order chi connectivity index (χ1) is 16.1. The topological polar surface area (TPSA) is 58.6 Å². The van der Waals surface area contributed by atoms with Gasteiger partial charge in [-0.15, -0.1) is 0 Å². The second-order valence-electron chi connectivity index (χ2n) is 10.5. The van der Waals surface area contributed by atoms with Gasteiger partial charge < -0.3 is 14.5 Å². The van der Waals surface area contributed by atoms with E-state index in [1.165, 1.54) is 24.8 Å². The van der Waals surface area contributed by atoms with Gasteiger partial charge in [-0.2, -0.15) is 0 Å². The lowest BCUT2D eigenvalue weighted by Crippen LogP contribution is -2.48. The molecule has 3 heterocycles. The quantitative estimate of drug-likeness (QED) is 0.686. The largest absolute Gasteiger partial charge is 0.497 e. The van der Waals surface area contributed by atoms with Gasteiger partial charge >= 0.3 is 0 Å². The summed E-state index contributed by atoms with van der Waals surface area (Å²) in [6.07, 6.45) is 10.2. The number of carbonyl (C=O) groups excluding carboxylic acids is 1. The van der Waals surface area contributed by atoms with E-state index < -0.39 is 0 Å². The number of hydrogen-bond acceptors (Lipinski definition) is 5. The Kier molecular flexibility index (Phi) is 6.26. The van der Waals surface area contributed by atoms with Gasteiger partial charge in [-0.1, -0.05) is 25.5 Å². The molecule has 2 aromatic rings. The number of aromatic nitrogens is 2. The van der Waals surface area contributed by atoms with Crippen LogP contribution in [0.25, 0.3) is 0 Å². The second-order valence-corrected chi connectivity index (χ2v) is 10.5. The Balaban J connectivity index is 1.21. The van der Waals surface area contributed by atoms with Crippen molar-refractivity contribution in [3.63, 3.8) is 0 Å². The summed E-state index contributed by atoms with van der Waals surface area (Å²) in [4.78, 5) is 26.9. The molecule has 6 heteroatoms. The van der Waals surface area contributed by atoms with E-state index in [1.807, 2.05) is 6.07 Å². The summed E-state index contributed by atoms with van der Waals surface area (Å²) in [6, 6.07) is 10.4. The Morgan fingerprint density at radius 2 is 1.82 bits per heavy atom. The molecule has 0 spiro atoms. The fourth-order valence-electron chi connectivity index (χ4n) is 6.33. The van der Waals surface area contributed by atoms with E-state index in [-0.39, 0.29) is 5.41 Å². The number of amides is 1. The molecule has 5 rings (SSSR count). The van der Waals surface area contributed by atoms with E-state index in [1.54, 1.807) is 19.5 Å². The minimum Gasteiger partial charge on any atom is -0.497 e. The van der Waals surface area contributed by atoms with Crippen molar-refractivity contribution in [2.45, 2.75) is 45.4 Å². The maximum absolute atomic E-state index is 13.7. The van der Waals surface area contributed by atoms with Crippen LogP contribution in [0.1, 0.15) is 44.6 Å². The molecule has 6 nitrogen and oxygen atoms in total. The van der Waals surface area contributed by atoms with Crippen molar-refractivity contribution in [3.8, 4) is 5.75 Å². The number of ether oxygens (including phenoxy) is 1. The molecule has 2 aliphatic heterocycles. The third-order valence-electron chi connectivity index (χ3n) is 8.41. The van der Waals surface area contributed by atoms with E-state index >= 15 is 0 Å². The van der Waals surface area contributed by atoms with Gasteiger partial charge in [0, 0.05) is 44.0 Å². The average Bonchev–Trinajstić information content (AvgIpc) is 3.30. The number of piperidine rings is 1.